The van der Waals surface area contributed by atoms with Gasteiger partial charge in [-0.1, -0.05) is 60.1 Å². The summed E-state index contributed by atoms with van der Waals surface area (Å²) in [7, 11) is 0. The van der Waals surface area contributed by atoms with Crippen LogP contribution in [0.2, 0.25) is 5.02 Å². The molecule has 40 heavy (non-hydrogen) atoms. The number of hydrogen-bond acceptors (Lipinski definition) is 6. The van der Waals surface area contributed by atoms with E-state index in [0.29, 0.717) is 21.7 Å². The van der Waals surface area contributed by atoms with E-state index in [1.54, 1.807) is 68.1 Å². The van der Waals surface area contributed by atoms with Crippen LogP contribution in [0, 0.1) is 11.3 Å². The maximum Gasteiger partial charge on any atom is 0.408 e. The lowest BCUT2D eigenvalue weighted by molar-refractivity contribution is -0.124. The Labute approximate surface area is 235 Å². The van der Waals surface area contributed by atoms with E-state index in [1.807, 2.05) is 36.4 Å². The van der Waals surface area contributed by atoms with Crippen molar-refractivity contribution >= 4 is 40.3 Å². The molecule has 0 unspecified atom stereocenters. The lowest BCUT2D eigenvalue weighted by atomic mass is 9.82. The molecular weight excluding hydrogens is 530 g/mol. The summed E-state index contributed by atoms with van der Waals surface area (Å²) >= 11 is 6.44. The summed E-state index contributed by atoms with van der Waals surface area (Å²) in [6.07, 6.45) is -1.06. The number of halogens is 1. The van der Waals surface area contributed by atoms with Crippen LogP contribution in [0.4, 0.5) is 10.5 Å². The Balaban J connectivity index is 1.75. The van der Waals surface area contributed by atoms with Gasteiger partial charge < -0.3 is 19.4 Å². The molecule has 202 valence electrons. The number of carbonyl (C=O) groups excluding carboxylic acids is 2. The molecule has 0 fully saturated rings. The third-order valence-electron chi connectivity index (χ3n) is 6.69. The maximum atomic E-state index is 14.6. The zero-order chi connectivity index (χ0) is 28.7. The molecule has 2 amide bonds. The molecule has 3 aromatic carbocycles. The number of anilines is 1. The number of rotatable bonds is 5. The van der Waals surface area contributed by atoms with Gasteiger partial charge in [0.25, 0.3) is 5.91 Å². The third kappa shape index (κ3) is 4.92. The van der Waals surface area contributed by atoms with Crippen LogP contribution in [0.25, 0.3) is 11.0 Å². The van der Waals surface area contributed by atoms with Crippen molar-refractivity contribution in [1.82, 2.24) is 5.32 Å². The number of hydrogen-bond donors (Lipinski definition) is 1. The van der Waals surface area contributed by atoms with Crippen molar-refractivity contribution in [2.75, 3.05) is 4.90 Å². The summed E-state index contributed by atoms with van der Waals surface area (Å²) in [6.45, 7) is 5.36. The maximum absolute atomic E-state index is 14.6. The highest BCUT2D eigenvalue weighted by atomic mass is 35.5. The van der Waals surface area contributed by atoms with E-state index < -0.39 is 28.8 Å². The fourth-order valence-electron chi connectivity index (χ4n) is 5.05. The first-order chi connectivity index (χ1) is 19.0. The third-order valence-corrected chi connectivity index (χ3v) is 6.93. The van der Waals surface area contributed by atoms with Gasteiger partial charge in [-0.05, 0) is 56.2 Å². The van der Waals surface area contributed by atoms with Crippen LogP contribution in [-0.4, -0.2) is 17.6 Å². The molecule has 1 atom stereocenters. The second-order valence-electron chi connectivity index (χ2n) is 10.6. The van der Waals surface area contributed by atoms with Gasteiger partial charge in [-0.15, -0.1) is 0 Å². The molecule has 2 heterocycles. The number of amides is 2. The van der Waals surface area contributed by atoms with Crippen LogP contribution in [0.1, 0.15) is 43.0 Å². The molecule has 0 aliphatic carbocycles. The average Bonchev–Trinajstić information content (AvgIpc) is 3.10. The molecule has 0 spiro atoms. The Morgan fingerprint density at radius 1 is 1.07 bits per heavy atom. The summed E-state index contributed by atoms with van der Waals surface area (Å²) in [4.78, 5) is 42.3. The highest BCUT2D eigenvalue weighted by Crippen LogP contribution is 2.45. The van der Waals surface area contributed by atoms with Crippen molar-refractivity contribution < 1.29 is 18.7 Å². The topological polar surface area (TPSA) is 113 Å². The molecule has 1 aromatic heterocycles. The number of alkyl carbamates (subject to hydrolysis) is 1. The summed E-state index contributed by atoms with van der Waals surface area (Å²) < 4.78 is 11.0. The largest absolute Gasteiger partial charge is 0.444 e. The molecule has 1 N–H and O–H groups in total. The van der Waals surface area contributed by atoms with Gasteiger partial charge in [0.15, 0.2) is 5.54 Å². The van der Waals surface area contributed by atoms with E-state index in [4.69, 9.17) is 20.8 Å². The van der Waals surface area contributed by atoms with E-state index in [1.165, 1.54) is 0 Å². The van der Waals surface area contributed by atoms with Gasteiger partial charge in [0.2, 0.25) is 0 Å². The van der Waals surface area contributed by atoms with Gasteiger partial charge in [-0.25, -0.2) is 9.59 Å². The molecule has 0 bridgehead atoms. The van der Waals surface area contributed by atoms with Crippen LogP contribution in [-0.2, 0) is 28.0 Å². The van der Waals surface area contributed by atoms with E-state index in [9.17, 15) is 19.6 Å². The number of ether oxygens (including phenoxy) is 1. The SMILES string of the molecule is CC(C)(C)OC(=O)N[C@]1(Cc2c(C#N)c(=O)oc3ccccc23)C(=O)N(Cc2ccccc2)c2ccc(Cl)cc21. The number of fused-ring (bicyclic) bond motifs is 2. The minimum atomic E-state index is -1.75. The number of benzene rings is 3. The van der Waals surface area contributed by atoms with Crippen molar-refractivity contribution in [3.05, 3.63) is 110 Å². The molecule has 4 aromatic rings. The quantitative estimate of drug-likeness (QED) is 0.310. The molecule has 8 nitrogen and oxygen atoms in total. The van der Waals surface area contributed by atoms with E-state index in [0.717, 1.165) is 5.56 Å². The van der Waals surface area contributed by atoms with Crippen molar-refractivity contribution in [2.24, 2.45) is 0 Å². The van der Waals surface area contributed by atoms with Crippen molar-refractivity contribution in [1.29, 1.82) is 5.26 Å². The molecule has 0 saturated carbocycles. The Hall–Kier alpha value is -4.61. The van der Waals surface area contributed by atoms with Crippen molar-refractivity contribution in [3.8, 4) is 6.07 Å². The van der Waals surface area contributed by atoms with E-state index in [2.05, 4.69) is 5.32 Å². The van der Waals surface area contributed by atoms with Gasteiger partial charge in [0.05, 0.1) is 12.2 Å². The van der Waals surface area contributed by atoms with Gasteiger partial charge in [-0.3, -0.25) is 4.79 Å². The molecule has 0 saturated heterocycles. The van der Waals surface area contributed by atoms with Crippen LogP contribution in [0.3, 0.4) is 0 Å². The van der Waals surface area contributed by atoms with Gasteiger partial charge in [0.1, 0.15) is 22.8 Å². The predicted molar refractivity (Wildman–Crippen MR) is 151 cm³/mol. The number of nitrogens with zero attached hydrogens (tertiary/aromatic N) is 2. The van der Waals surface area contributed by atoms with Gasteiger partial charge in [-0.2, -0.15) is 5.26 Å². The number of nitrogens with one attached hydrogen (secondary N) is 1. The second kappa shape index (κ2) is 10.2. The van der Waals surface area contributed by atoms with Crippen LogP contribution < -0.4 is 15.8 Å². The fourth-order valence-corrected chi connectivity index (χ4v) is 5.22. The highest BCUT2D eigenvalue weighted by molar-refractivity contribution is 6.31. The van der Waals surface area contributed by atoms with Crippen molar-refractivity contribution in [2.45, 2.75) is 44.9 Å². The monoisotopic (exact) mass is 555 g/mol. The Bertz CT molecular complexity index is 1740. The minimum absolute atomic E-state index is 0.217. The number of nitriles is 1. The normalized spacial score (nSPS) is 16.5. The van der Waals surface area contributed by atoms with Crippen LogP contribution in [0.5, 0.6) is 0 Å². The Morgan fingerprint density at radius 3 is 2.48 bits per heavy atom. The van der Waals surface area contributed by atoms with E-state index >= 15 is 0 Å². The lowest BCUT2D eigenvalue weighted by Gasteiger charge is -2.32. The summed E-state index contributed by atoms with van der Waals surface area (Å²) in [5, 5.41) is 13.6. The zero-order valence-corrected chi connectivity index (χ0v) is 22.9. The molecule has 5 rings (SSSR count). The standard InChI is InChI=1S/C31H26ClN3O5/c1-30(2,3)40-29(38)34-31(16-22-21-11-7-8-12-26(21)39-27(36)23(22)17-33)24-15-20(32)13-14-25(24)35(28(31)37)18-19-9-5-4-6-10-19/h4-15H,16,18H2,1-3H3,(H,34,38)/t31-/m0/s1. The molecular formula is C31H26ClN3O5. The fraction of sp³-hybridized carbons (Fsp3) is 0.226. The lowest BCUT2D eigenvalue weighted by Crippen LogP contribution is -2.55. The smallest absolute Gasteiger partial charge is 0.408 e. The van der Waals surface area contributed by atoms with Gasteiger partial charge in [0, 0.05) is 22.4 Å². The molecule has 9 heteroatoms. The first-order valence-electron chi connectivity index (χ1n) is 12.6. The number of para-hydroxylation sites is 1. The molecule has 0 radical (unpaired) electrons. The minimum Gasteiger partial charge on any atom is -0.444 e. The summed E-state index contributed by atoms with van der Waals surface area (Å²) in [5.41, 5.74) is -1.32. The van der Waals surface area contributed by atoms with Crippen molar-refractivity contribution in [3.63, 3.8) is 0 Å². The first-order valence-corrected chi connectivity index (χ1v) is 13.0. The highest BCUT2D eigenvalue weighted by Gasteiger charge is 2.53. The summed E-state index contributed by atoms with van der Waals surface area (Å²) in [5.74, 6) is -0.458. The van der Waals surface area contributed by atoms with Crippen LogP contribution >= 0.6 is 11.6 Å². The van der Waals surface area contributed by atoms with Crippen LogP contribution in [0.15, 0.2) is 82.0 Å². The van der Waals surface area contributed by atoms with Gasteiger partial charge >= 0.3 is 11.7 Å². The Morgan fingerprint density at radius 2 is 1.77 bits per heavy atom. The summed E-state index contributed by atoms with van der Waals surface area (Å²) in [6, 6.07) is 23.1. The zero-order valence-electron chi connectivity index (χ0n) is 22.2. The second-order valence-corrected chi connectivity index (χ2v) is 11.0. The number of carbonyl (C=O) groups is 2. The average molecular weight is 556 g/mol. The first kappa shape index (κ1) is 27.0. The Kier molecular flexibility index (Phi) is 6.86. The predicted octanol–water partition coefficient (Wildman–Crippen LogP) is 5.83. The molecule has 1 aliphatic heterocycles. The molecule has 1 aliphatic rings. The van der Waals surface area contributed by atoms with E-state index in [-0.39, 0.29) is 29.7 Å².